The van der Waals surface area contributed by atoms with Gasteiger partial charge in [-0.15, -0.1) is 16.4 Å². The third kappa shape index (κ3) is 3.41. The van der Waals surface area contributed by atoms with Crippen molar-refractivity contribution in [2.75, 3.05) is 6.54 Å². The smallest absolute Gasteiger partial charge is 0.346 e. The molecule has 0 bridgehead atoms. The summed E-state index contributed by atoms with van der Waals surface area (Å²) in [6, 6.07) is 5.95. The lowest BCUT2D eigenvalue weighted by atomic mass is 10.4. The van der Waals surface area contributed by atoms with Gasteiger partial charge in [-0.2, -0.15) is 5.10 Å². The fourth-order valence-corrected chi connectivity index (χ4v) is 3.41. The maximum atomic E-state index is 12.6. The lowest BCUT2D eigenvalue weighted by molar-refractivity contribution is -0.121. The first kappa shape index (κ1) is 15.8. The Morgan fingerprint density at radius 1 is 1.36 bits per heavy atom. The minimum absolute atomic E-state index is 0.104. The number of carbonyl (C=O) groups excluding carboxylic acids is 1. The van der Waals surface area contributed by atoms with Crippen LogP contribution in [0, 0.1) is 0 Å². The predicted molar refractivity (Wildman–Crippen MR) is 93.3 cm³/mol. The zero-order chi connectivity index (χ0) is 17.2. The molecule has 1 aliphatic rings. The molecule has 8 nitrogen and oxygen atoms in total. The fourth-order valence-electron chi connectivity index (χ4n) is 2.70. The Labute approximate surface area is 147 Å². The maximum absolute atomic E-state index is 12.6. The molecule has 0 atom stereocenters. The van der Waals surface area contributed by atoms with Gasteiger partial charge in [-0.3, -0.25) is 14.0 Å². The highest BCUT2D eigenvalue weighted by Crippen LogP contribution is 2.37. The monoisotopic (exact) mass is 358 g/mol. The van der Waals surface area contributed by atoms with Gasteiger partial charge in [0.05, 0.1) is 11.4 Å². The lowest BCUT2D eigenvalue weighted by Gasteiger charge is -2.04. The Morgan fingerprint density at radius 2 is 2.24 bits per heavy atom. The van der Waals surface area contributed by atoms with Gasteiger partial charge in [-0.25, -0.2) is 9.48 Å². The van der Waals surface area contributed by atoms with E-state index < -0.39 is 0 Å². The molecule has 1 aliphatic carbocycles. The Bertz CT molecular complexity index is 905. The van der Waals surface area contributed by atoms with Crippen LogP contribution in [0.3, 0.4) is 0 Å². The minimum Gasteiger partial charge on any atom is -0.353 e. The average Bonchev–Trinajstić information content (AvgIpc) is 3.02. The first-order valence-electron chi connectivity index (χ1n) is 8.20. The van der Waals surface area contributed by atoms with Crippen LogP contribution < -0.4 is 11.0 Å². The Morgan fingerprint density at radius 3 is 2.92 bits per heavy atom. The average molecular weight is 358 g/mol. The summed E-state index contributed by atoms with van der Waals surface area (Å²) < 4.78 is 4.79. The number of amides is 1. The normalized spacial score (nSPS) is 13.9. The van der Waals surface area contributed by atoms with E-state index in [0.29, 0.717) is 13.1 Å². The van der Waals surface area contributed by atoms with Gasteiger partial charge in [0.25, 0.3) is 0 Å². The number of carbonyl (C=O) groups is 1. The zero-order valence-corrected chi connectivity index (χ0v) is 14.4. The molecular weight excluding hydrogens is 340 g/mol. The van der Waals surface area contributed by atoms with Gasteiger partial charge in [0.2, 0.25) is 5.91 Å². The highest BCUT2D eigenvalue weighted by atomic mass is 32.1. The number of hydrogen-bond donors (Lipinski definition) is 1. The van der Waals surface area contributed by atoms with Crippen LogP contribution in [0.1, 0.15) is 18.9 Å². The SMILES string of the molecule is O=C(Cn1cccn1)NCCn1nc(-c2cccs2)n(C2CC2)c1=O. The van der Waals surface area contributed by atoms with Crippen molar-refractivity contribution in [1.82, 2.24) is 29.4 Å². The zero-order valence-electron chi connectivity index (χ0n) is 13.5. The quantitative estimate of drug-likeness (QED) is 0.686. The van der Waals surface area contributed by atoms with Crippen LogP contribution in [0.2, 0.25) is 0 Å². The molecular formula is C16H18N6O2S. The Kier molecular flexibility index (Phi) is 4.22. The van der Waals surface area contributed by atoms with Crippen molar-refractivity contribution >= 4 is 17.2 Å². The molecule has 0 spiro atoms. The highest BCUT2D eigenvalue weighted by Gasteiger charge is 2.30. The number of aromatic nitrogens is 5. The molecule has 0 aliphatic heterocycles. The van der Waals surface area contributed by atoms with Crippen LogP contribution in [0.25, 0.3) is 10.7 Å². The van der Waals surface area contributed by atoms with Crippen LogP contribution in [-0.4, -0.2) is 36.6 Å². The van der Waals surface area contributed by atoms with E-state index in [9.17, 15) is 9.59 Å². The molecule has 25 heavy (non-hydrogen) atoms. The van der Waals surface area contributed by atoms with Crippen LogP contribution in [-0.2, 0) is 17.9 Å². The number of nitrogens with zero attached hydrogens (tertiary/aromatic N) is 5. The maximum Gasteiger partial charge on any atom is 0.346 e. The molecule has 0 radical (unpaired) electrons. The predicted octanol–water partition coefficient (Wildman–Crippen LogP) is 1.12. The number of nitrogens with one attached hydrogen (secondary N) is 1. The molecule has 1 amide bonds. The van der Waals surface area contributed by atoms with Gasteiger partial charge in [-0.1, -0.05) is 6.07 Å². The molecule has 0 unspecified atom stereocenters. The topological polar surface area (TPSA) is 86.7 Å². The van der Waals surface area contributed by atoms with E-state index in [0.717, 1.165) is 23.5 Å². The van der Waals surface area contributed by atoms with Gasteiger partial charge >= 0.3 is 5.69 Å². The second kappa shape index (κ2) is 6.67. The molecule has 1 saturated carbocycles. The summed E-state index contributed by atoms with van der Waals surface area (Å²) in [6.07, 6.45) is 5.40. The summed E-state index contributed by atoms with van der Waals surface area (Å²) in [7, 11) is 0. The molecule has 9 heteroatoms. The van der Waals surface area contributed by atoms with Gasteiger partial charge < -0.3 is 5.32 Å². The van der Waals surface area contributed by atoms with Crippen molar-refractivity contribution in [2.45, 2.75) is 32.0 Å². The summed E-state index contributed by atoms with van der Waals surface area (Å²) in [5, 5.41) is 13.3. The molecule has 1 N–H and O–H groups in total. The van der Waals surface area contributed by atoms with Crippen LogP contribution in [0.4, 0.5) is 0 Å². The lowest BCUT2D eigenvalue weighted by Crippen LogP contribution is -2.33. The second-order valence-electron chi connectivity index (χ2n) is 5.96. The van der Waals surface area contributed by atoms with Crippen molar-refractivity contribution in [1.29, 1.82) is 0 Å². The van der Waals surface area contributed by atoms with Crippen LogP contribution in [0.15, 0.2) is 40.8 Å². The molecule has 3 aromatic rings. The van der Waals surface area contributed by atoms with Crippen molar-refractivity contribution < 1.29 is 4.79 Å². The van der Waals surface area contributed by atoms with E-state index in [1.165, 1.54) is 4.68 Å². The van der Waals surface area contributed by atoms with Crippen molar-refractivity contribution in [3.63, 3.8) is 0 Å². The molecule has 0 saturated heterocycles. The Balaban J connectivity index is 1.43. The first-order valence-corrected chi connectivity index (χ1v) is 9.07. The molecule has 4 rings (SSSR count). The number of rotatable bonds is 7. The summed E-state index contributed by atoms with van der Waals surface area (Å²) >= 11 is 1.57. The number of hydrogen-bond acceptors (Lipinski definition) is 5. The molecule has 3 heterocycles. The van der Waals surface area contributed by atoms with E-state index in [2.05, 4.69) is 15.5 Å². The van der Waals surface area contributed by atoms with E-state index in [-0.39, 0.29) is 24.2 Å². The minimum atomic E-state index is -0.142. The van der Waals surface area contributed by atoms with E-state index >= 15 is 0 Å². The largest absolute Gasteiger partial charge is 0.353 e. The molecule has 130 valence electrons. The van der Waals surface area contributed by atoms with E-state index in [4.69, 9.17) is 0 Å². The number of thiophene rings is 1. The van der Waals surface area contributed by atoms with Gasteiger partial charge in [0.1, 0.15) is 6.54 Å². The molecule has 3 aromatic heterocycles. The van der Waals surface area contributed by atoms with E-state index in [1.807, 2.05) is 17.5 Å². The van der Waals surface area contributed by atoms with E-state index in [1.54, 1.807) is 39.0 Å². The standard InChI is InChI=1S/C16H18N6O2S/c23-14(11-20-8-2-6-18-20)17-7-9-21-16(24)22(12-4-5-12)15(19-21)13-3-1-10-25-13/h1-3,6,8,10,12H,4-5,7,9,11H2,(H,17,23). The summed E-state index contributed by atoms with van der Waals surface area (Å²) in [5.74, 6) is 0.585. The van der Waals surface area contributed by atoms with Gasteiger partial charge in [-0.05, 0) is 30.4 Å². The summed E-state index contributed by atoms with van der Waals surface area (Å²) in [6.45, 7) is 0.867. The van der Waals surface area contributed by atoms with Crippen molar-refractivity contribution in [2.24, 2.45) is 0 Å². The first-order chi connectivity index (χ1) is 12.2. The Hall–Kier alpha value is -2.68. The van der Waals surface area contributed by atoms with Crippen molar-refractivity contribution in [3.8, 4) is 10.7 Å². The van der Waals surface area contributed by atoms with Gasteiger partial charge in [0.15, 0.2) is 5.82 Å². The summed E-state index contributed by atoms with van der Waals surface area (Å²) in [4.78, 5) is 25.5. The molecule has 1 fully saturated rings. The third-order valence-corrected chi connectivity index (χ3v) is 4.90. The summed E-state index contributed by atoms with van der Waals surface area (Å²) in [5.41, 5.74) is -0.104. The third-order valence-electron chi connectivity index (χ3n) is 4.03. The second-order valence-corrected chi connectivity index (χ2v) is 6.91. The fraction of sp³-hybridized carbons (Fsp3) is 0.375. The molecule has 0 aromatic carbocycles. The van der Waals surface area contributed by atoms with Crippen LogP contribution in [0.5, 0.6) is 0 Å². The highest BCUT2D eigenvalue weighted by molar-refractivity contribution is 7.13. The van der Waals surface area contributed by atoms with Gasteiger partial charge in [0, 0.05) is 25.0 Å². The van der Waals surface area contributed by atoms with Crippen molar-refractivity contribution in [3.05, 3.63) is 46.5 Å². The van der Waals surface area contributed by atoms with Crippen LogP contribution >= 0.6 is 11.3 Å².